The van der Waals surface area contributed by atoms with Crippen LogP contribution in [0, 0.1) is 12.5 Å². The lowest BCUT2D eigenvalue weighted by Gasteiger charge is -2.16. The van der Waals surface area contributed by atoms with Crippen LogP contribution in [-0.2, 0) is 24.0 Å². The third kappa shape index (κ3) is 8.17. The highest BCUT2D eigenvalue weighted by atomic mass is 17.2. The summed E-state index contributed by atoms with van der Waals surface area (Å²) in [7, 11) is 0. The molecule has 17 heavy (non-hydrogen) atoms. The Hall–Kier alpha value is -1.67. The van der Waals surface area contributed by atoms with Gasteiger partial charge in [0.25, 0.3) is 6.29 Å². The second-order valence-electron chi connectivity index (χ2n) is 4.30. The van der Waals surface area contributed by atoms with Gasteiger partial charge in [-0.15, -0.1) is 0 Å². The van der Waals surface area contributed by atoms with E-state index in [1.165, 1.54) is 13.8 Å². The number of carbonyl (C=O) groups is 1. The minimum atomic E-state index is -0.806. The van der Waals surface area contributed by atoms with Crippen LogP contribution in [0.25, 0.3) is 0 Å². The Labute approximate surface area is 102 Å². The van der Waals surface area contributed by atoms with Crippen molar-refractivity contribution in [2.75, 3.05) is 0 Å². The predicted octanol–water partition coefficient (Wildman–Crippen LogP) is 2.13. The van der Waals surface area contributed by atoms with Crippen molar-refractivity contribution in [3.05, 3.63) is 11.8 Å². The molecule has 0 bridgehead atoms. The SMILES string of the molecule is C#COC(C)OC(=O)C(C)=COOC(C)(C)C. The van der Waals surface area contributed by atoms with Gasteiger partial charge in [0.1, 0.15) is 18.0 Å². The average molecular weight is 242 g/mol. The summed E-state index contributed by atoms with van der Waals surface area (Å²) in [6, 6.07) is 0. The van der Waals surface area contributed by atoms with Gasteiger partial charge < -0.3 is 14.4 Å². The van der Waals surface area contributed by atoms with Crippen molar-refractivity contribution in [1.29, 1.82) is 0 Å². The monoisotopic (exact) mass is 242 g/mol. The summed E-state index contributed by atoms with van der Waals surface area (Å²) in [4.78, 5) is 21.1. The van der Waals surface area contributed by atoms with Crippen LogP contribution in [0.1, 0.15) is 34.6 Å². The maximum atomic E-state index is 11.4. The van der Waals surface area contributed by atoms with Gasteiger partial charge in [-0.1, -0.05) is 6.42 Å². The van der Waals surface area contributed by atoms with Crippen molar-refractivity contribution in [1.82, 2.24) is 0 Å². The molecule has 0 saturated heterocycles. The number of esters is 1. The normalized spacial score (nSPS) is 13.5. The molecule has 0 aromatic rings. The fourth-order valence-corrected chi connectivity index (χ4v) is 0.652. The van der Waals surface area contributed by atoms with Crippen molar-refractivity contribution in [2.24, 2.45) is 0 Å². The van der Waals surface area contributed by atoms with Crippen LogP contribution in [0.15, 0.2) is 11.8 Å². The summed E-state index contributed by atoms with van der Waals surface area (Å²) in [5.74, 6) is -0.592. The average Bonchev–Trinajstić information content (AvgIpc) is 2.15. The number of carbonyl (C=O) groups excluding carboxylic acids is 1. The van der Waals surface area contributed by atoms with E-state index in [1.54, 1.807) is 0 Å². The second-order valence-corrected chi connectivity index (χ2v) is 4.30. The second kappa shape index (κ2) is 6.81. The van der Waals surface area contributed by atoms with Gasteiger partial charge in [0.05, 0.1) is 5.57 Å². The molecule has 1 unspecified atom stereocenters. The lowest BCUT2D eigenvalue weighted by Crippen LogP contribution is -2.19. The first-order chi connectivity index (χ1) is 7.76. The first-order valence-electron chi connectivity index (χ1n) is 5.09. The molecule has 0 fully saturated rings. The van der Waals surface area contributed by atoms with Gasteiger partial charge in [-0.25, -0.2) is 4.79 Å². The fourth-order valence-electron chi connectivity index (χ4n) is 0.652. The van der Waals surface area contributed by atoms with Gasteiger partial charge in [0.15, 0.2) is 0 Å². The Morgan fingerprint density at radius 1 is 1.41 bits per heavy atom. The molecule has 1 atom stereocenters. The van der Waals surface area contributed by atoms with Crippen molar-refractivity contribution in [3.8, 4) is 12.5 Å². The molecule has 0 spiro atoms. The topological polar surface area (TPSA) is 54.0 Å². The van der Waals surface area contributed by atoms with E-state index in [-0.39, 0.29) is 5.57 Å². The number of ether oxygens (including phenoxy) is 2. The highest BCUT2D eigenvalue weighted by molar-refractivity contribution is 5.87. The van der Waals surface area contributed by atoms with Crippen LogP contribution < -0.4 is 0 Å². The van der Waals surface area contributed by atoms with Gasteiger partial charge in [-0.05, 0) is 27.7 Å². The van der Waals surface area contributed by atoms with E-state index in [0.717, 1.165) is 6.26 Å². The number of hydrogen-bond donors (Lipinski definition) is 0. The molecule has 0 aliphatic carbocycles. The summed E-state index contributed by atoms with van der Waals surface area (Å²) < 4.78 is 9.43. The van der Waals surface area contributed by atoms with E-state index in [9.17, 15) is 4.79 Å². The van der Waals surface area contributed by atoms with E-state index >= 15 is 0 Å². The van der Waals surface area contributed by atoms with Crippen LogP contribution in [0.3, 0.4) is 0 Å². The molecule has 0 amide bonds. The minimum absolute atomic E-state index is 0.238. The maximum Gasteiger partial charge on any atom is 0.340 e. The molecular formula is C12H18O5. The summed E-state index contributed by atoms with van der Waals surface area (Å²) in [6.45, 7) is 8.49. The first-order valence-corrected chi connectivity index (χ1v) is 5.09. The lowest BCUT2D eigenvalue weighted by atomic mass is 10.2. The van der Waals surface area contributed by atoms with Crippen molar-refractivity contribution >= 4 is 5.97 Å². The van der Waals surface area contributed by atoms with E-state index in [1.807, 2.05) is 26.9 Å². The van der Waals surface area contributed by atoms with Gasteiger partial charge in [0, 0.05) is 6.92 Å². The Balaban J connectivity index is 4.13. The quantitative estimate of drug-likeness (QED) is 0.141. The molecule has 0 aromatic heterocycles. The van der Waals surface area contributed by atoms with E-state index in [4.69, 9.17) is 20.9 Å². The Morgan fingerprint density at radius 2 is 2.00 bits per heavy atom. The Kier molecular flexibility index (Phi) is 6.15. The van der Waals surface area contributed by atoms with Crippen LogP contribution in [0.4, 0.5) is 0 Å². The molecule has 0 radical (unpaired) electrons. The first kappa shape index (κ1) is 15.3. The third-order valence-corrected chi connectivity index (χ3v) is 1.35. The molecule has 96 valence electrons. The van der Waals surface area contributed by atoms with Crippen LogP contribution in [0.5, 0.6) is 0 Å². The highest BCUT2D eigenvalue weighted by Gasteiger charge is 2.14. The van der Waals surface area contributed by atoms with Gasteiger partial charge in [0.2, 0.25) is 0 Å². The highest BCUT2D eigenvalue weighted by Crippen LogP contribution is 2.09. The Morgan fingerprint density at radius 3 is 2.47 bits per heavy atom. The number of rotatable bonds is 5. The van der Waals surface area contributed by atoms with E-state index < -0.39 is 17.9 Å². The molecule has 0 heterocycles. The number of terminal acetylenes is 1. The molecule has 0 rings (SSSR count). The molecule has 0 aromatic carbocycles. The smallest absolute Gasteiger partial charge is 0.340 e. The standard InChI is InChI=1S/C12H18O5/c1-7-14-10(3)16-11(13)9(2)8-15-17-12(4,5)6/h1,8,10H,2-6H3. The third-order valence-electron chi connectivity index (χ3n) is 1.35. The molecule has 0 aliphatic heterocycles. The molecule has 0 N–H and O–H groups in total. The van der Waals surface area contributed by atoms with E-state index in [2.05, 4.69) is 4.74 Å². The van der Waals surface area contributed by atoms with Crippen LogP contribution in [-0.4, -0.2) is 17.9 Å². The Bertz CT molecular complexity index is 319. The molecule has 0 aliphatic rings. The fraction of sp³-hybridized carbons (Fsp3) is 0.583. The zero-order valence-corrected chi connectivity index (χ0v) is 10.8. The van der Waals surface area contributed by atoms with Gasteiger partial charge in [-0.3, -0.25) is 0 Å². The maximum absolute atomic E-state index is 11.4. The van der Waals surface area contributed by atoms with Crippen molar-refractivity contribution < 1.29 is 24.0 Å². The van der Waals surface area contributed by atoms with Gasteiger partial charge >= 0.3 is 5.97 Å². The van der Waals surface area contributed by atoms with Crippen LogP contribution >= 0.6 is 0 Å². The van der Waals surface area contributed by atoms with E-state index in [0.29, 0.717) is 0 Å². The molecule has 0 saturated carbocycles. The predicted molar refractivity (Wildman–Crippen MR) is 61.2 cm³/mol. The zero-order chi connectivity index (χ0) is 13.5. The van der Waals surface area contributed by atoms with Gasteiger partial charge in [-0.2, -0.15) is 4.89 Å². The number of hydrogen-bond acceptors (Lipinski definition) is 5. The largest absolute Gasteiger partial charge is 0.421 e. The minimum Gasteiger partial charge on any atom is -0.421 e. The summed E-state index contributed by atoms with van der Waals surface area (Å²) in [5.41, 5.74) is -0.220. The molecule has 5 heteroatoms. The summed E-state index contributed by atoms with van der Waals surface area (Å²) in [6.07, 6.45) is 7.17. The summed E-state index contributed by atoms with van der Waals surface area (Å²) in [5, 5.41) is 0. The van der Waals surface area contributed by atoms with Crippen LogP contribution in [0.2, 0.25) is 0 Å². The lowest BCUT2D eigenvalue weighted by molar-refractivity contribution is -0.311. The van der Waals surface area contributed by atoms with Crippen molar-refractivity contribution in [2.45, 2.75) is 46.5 Å². The van der Waals surface area contributed by atoms with Crippen molar-refractivity contribution in [3.63, 3.8) is 0 Å². The summed E-state index contributed by atoms with van der Waals surface area (Å²) >= 11 is 0. The molecular weight excluding hydrogens is 224 g/mol. The molecule has 5 nitrogen and oxygen atoms in total. The zero-order valence-electron chi connectivity index (χ0n) is 10.8.